The molecule has 35 heavy (non-hydrogen) atoms. The Kier molecular flexibility index (Phi) is 7.53. The summed E-state index contributed by atoms with van der Waals surface area (Å²) in [6.45, 7) is 3.85. The number of hydrogen-bond acceptors (Lipinski definition) is 5. The maximum Gasteiger partial charge on any atom is 0.303 e. The number of rotatable bonds is 8. The lowest BCUT2D eigenvalue weighted by atomic mass is 10.1. The summed E-state index contributed by atoms with van der Waals surface area (Å²) in [6.07, 6.45) is 0. The molecule has 0 heterocycles. The summed E-state index contributed by atoms with van der Waals surface area (Å²) in [5, 5.41) is 2.70. The van der Waals surface area contributed by atoms with Crippen LogP contribution in [0.4, 0.5) is 17.1 Å². The Morgan fingerprint density at radius 3 is 1.86 bits per heavy atom. The van der Waals surface area contributed by atoms with Gasteiger partial charge in [-0.25, -0.2) is 8.42 Å². The van der Waals surface area contributed by atoms with Crippen molar-refractivity contribution in [3.8, 4) is 0 Å². The van der Waals surface area contributed by atoms with Gasteiger partial charge in [0.05, 0.1) is 10.6 Å². The van der Waals surface area contributed by atoms with Crippen LogP contribution < -0.4 is 14.3 Å². The number of carbonyl (C=O) groups excluding carboxylic acids is 1. The Morgan fingerprint density at radius 2 is 1.31 bits per heavy atom. The molecule has 0 unspecified atom stereocenters. The van der Waals surface area contributed by atoms with Crippen LogP contribution in [0.15, 0.2) is 71.6 Å². The van der Waals surface area contributed by atoms with Gasteiger partial charge in [-0.3, -0.25) is 13.8 Å². The van der Waals surface area contributed by atoms with Crippen molar-refractivity contribution >= 4 is 43.2 Å². The van der Waals surface area contributed by atoms with E-state index in [0.29, 0.717) is 22.6 Å². The number of benzene rings is 3. The summed E-state index contributed by atoms with van der Waals surface area (Å²) in [4.78, 5) is 12.7. The zero-order valence-corrected chi connectivity index (χ0v) is 21.7. The molecule has 1 amide bonds. The summed E-state index contributed by atoms with van der Waals surface area (Å²) < 4.78 is 54.7. The minimum Gasteiger partial charge on any atom is -0.322 e. The molecular formula is C24H28N4O5S2. The molecule has 0 spiro atoms. The van der Waals surface area contributed by atoms with E-state index in [4.69, 9.17) is 0 Å². The first-order valence-electron chi connectivity index (χ1n) is 10.6. The highest BCUT2D eigenvalue weighted by molar-refractivity contribution is 7.92. The molecule has 0 aromatic heterocycles. The average molecular weight is 517 g/mol. The lowest BCUT2D eigenvalue weighted by Gasteiger charge is -2.23. The summed E-state index contributed by atoms with van der Waals surface area (Å²) in [5.74, 6) is -0.418. The van der Waals surface area contributed by atoms with Crippen molar-refractivity contribution in [2.75, 3.05) is 35.5 Å². The first-order valence-corrected chi connectivity index (χ1v) is 13.5. The maximum atomic E-state index is 12.7. The first kappa shape index (κ1) is 26.2. The van der Waals surface area contributed by atoms with Crippen molar-refractivity contribution in [2.24, 2.45) is 0 Å². The summed E-state index contributed by atoms with van der Waals surface area (Å²) in [6, 6.07) is 17.2. The van der Waals surface area contributed by atoms with Crippen LogP contribution in [0.25, 0.3) is 0 Å². The number of nitrogens with zero attached hydrogens (tertiary/aromatic N) is 2. The van der Waals surface area contributed by atoms with E-state index < -0.39 is 26.1 Å². The molecule has 3 rings (SSSR count). The largest absolute Gasteiger partial charge is 0.322 e. The highest BCUT2D eigenvalue weighted by atomic mass is 32.2. The van der Waals surface area contributed by atoms with Crippen LogP contribution in [0.2, 0.25) is 0 Å². The monoisotopic (exact) mass is 516 g/mol. The first-order chi connectivity index (χ1) is 16.3. The fourth-order valence-corrected chi connectivity index (χ4v) is 5.07. The molecule has 3 aromatic rings. The maximum absolute atomic E-state index is 12.7. The second kappa shape index (κ2) is 10.1. The third-order valence-corrected chi connectivity index (χ3v) is 8.71. The summed E-state index contributed by atoms with van der Waals surface area (Å²) >= 11 is 0. The van der Waals surface area contributed by atoms with Crippen LogP contribution in [0.3, 0.4) is 0 Å². The van der Waals surface area contributed by atoms with Gasteiger partial charge in [0.15, 0.2) is 0 Å². The van der Waals surface area contributed by atoms with Crippen molar-refractivity contribution in [1.29, 1.82) is 0 Å². The van der Waals surface area contributed by atoms with Gasteiger partial charge in [0.1, 0.15) is 0 Å². The number of nitrogens with one attached hydrogen (secondary N) is 2. The Bertz CT molecular complexity index is 1430. The minimum absolute atomic E-state index is 0.0585. The second-order valence-corrected chi connectivity index (χ2v) is 12.0. The van der Waals surface area contributed by atoms with Gasteiger partial charge in [-0.2, -0.15) is 12.7 Å². The topological polar surface area (TPSA) is 116 Å². The van der Waals surface area contributed by atoms with E-state index in [9.17, 15) is 21.6 Å². The molecule has 0 aliphatic heterocycles. The van der Waals surface area contributed by atoms with Gasteiger partial charge < -0.3 is 5.32 Å². The molecule has 0 radical (unpaired) electrons. The lowest BCUT2D eigenvalue weighted by molar-refractivity contribution is 0.102. The molecule has 0 aliphatic carbocycles. The Hall–Kier alpha value is -3.41. The van der Waals surface area contributed by atoms with Gasteiger partial charge in [0.2, 0.25) is 0 Å². The predicted octanol–water partition coefficient (Wildman–Crippen LogP) is 3.60. The molecule has 0 atom stereocenters. The van der Waals surface area contributed by atoms with Gasteiger partial charge in [-0.05, 0) is 85.6 Å². The van der Waals surface area contributed by atoms with E-state index in [1.807, 2.05) is 19.9 Å². The molecule has 0 bridgehead atoms. The van der Waals surface area contributed by atoms with Gasteiger partial charge >= 0.3 is 10.2 Å². The van der Waals surface area contributed by atoms with Crippen LogP contribution in [-0.4, -0.2) is 48.2 Å². The molecule has 186 valence electrons. The van der Waals surface area contributed by atoms with Gasteiger partial charge in [-0.1, -0.05) is 6.07 Å². The number of sulfonamides is 1. The minimum atomic E-state index is -3.79. The van der Waals surface area contributed by atoms with Crippen LogP contribution in [0.5, 0.6) is 0 Å². The third kappa shape index (κ3) is 5.99. The van der Waals surface area contributed by atoms with Gasteiger partial charge in [0.25, 0.3) is 15.9 Å². The smallest absolute Gasteiger partial charge is 0.303 e. The SMILES string of the molecule is Cc1ccc(NS(=O)(=O)c2ccc(NC(=O)c3ccc(N(C)S(=O)(=O)N(C)C)cc3)cc2)cc1C. The standard InChI is InChI=1S/C24H28N4O5S2/c1-17-6-9-21(16-18(17)2)26-34(30,31)23-14-10-20(11-15-23)25-24(29)19-7-12-22(13-8-19)28(5)35(32,33)27(3)4/h6-16,26H,1-5H3,(H,25,29). The van der Waals surface area contributed by atoms with Crippen molar-refractivity contribution in [2.45, 2.75) is 18.7 Å². The zero-order chi connectivity index (χ0) is 26.0. The van der Waals surface area contributed by atoms with Crippen LogP contribution in [-0.2, 0) is 20.2 Å². The molecule has 11 heteroatoms. The highest BCUT2D eigenvalue weighted by Gasteiger charge is 2.21. The van der Waals surface area contributed by atoms with Crippen LogP contribution >= 0.6 is 0 Å². The van der Waals surface area contributed by atoms with E-state index in [-0.39, 0.29) is 4.90 Å². The summed E-state index contributed by atoms with van der Waals surface area (Å²) in [5.41, 5.74) is 3.64. The van der Waals surface area contributed by atoms with Crippen molar-refractivity contribution in [3.05, 3.63) is 83.4 Å². The molecule has 0 saturated carbocycles. The van der Waals surface area contributed by atoms with Gasteiger partial charge in [0, 0.05) is 38.1 Å². The van der Waals surface area contributed by atoms with Gasteiger partial charge in [-0.15, -0.1) is 0 Å². The highest BCUT2D eigenvalue weighted by Crippen LogP contribution is 2.22. The van der Waals surface area contributed by atoms with Crippen molar-refractivity contribution in [3.63, 3.8) is 0 Å². The van der Waals surface area contributed by atoms with E-state index in [1.54, 1.807) is 12.1 Å². The van der Waals surface area contributed by atoms with Crippen molar-refractivity contribution in [1.82, 2.24) is 4.31 Å². The third-order valence-electron chi connectivity index (χ3n) is 5.48. The van der Waals surface area contributed by atoms with E-state index in [1.165, 1.54) is 69.7 Å². The Balaban J connectivity index is 1.69. The van der Waals surface area contributed by atoms with Crippen LogP contribution in [0.1, 0.15) is 21.5 Å². The zero-order valence-electron chi connectivity index (χ0n) is 20.1. The molecule has 9 nitrogen and oxygen atoms in total. The van der Waals surface area contributed by atoms with E-state index in [0.717, 1.165) is 19.7 Å². The molecule has 3 aromatic carbocycles. The summed E-state index contributed by atoms with van der Waals surface area (Å²) in [7, 11) is -3.14. The number of anilines is 3. The second-order valence-electron chi connectivity index (χ2n) is 8.19. The number of amides is 1. The Morgan fingerprint density at radius 1 is 0.743 bits per heavy atom. The van der Waals surface area contributed by atoms with E-state index >= 15 is 0 Å². The van der Waals surface area contributed by atoms with E-state index in [2.05, 4.69) is 10.0 Å². The normalized spacial score (nSPS) is 11.8. The molecule has 0 saturated heterocycles. The number of hydrogen-bond donors (Lipinski definition) is 2. The molecule has 0 aliphatic rings. The van der Waals surface area contributed by atoms with Crippen LogP contribution in [0, 0.1) is 13.8 Å². The van der Waals surface area contributed by atoms with Crippen molar-refractivity contribution < 1.29 is 21.6 Å². The quantitative estimate of drug-likeness (QED) is 0.475. The fraction of sp³-hybridized carbons (Fsp3) is 0.208. The average Bonchev–Trinajstić information content (AvgIpc) is 2.81. The number of aryl methyl sites for hydroxylation is 2. The Labute approximate surface area is 206 Å². The molecule has 2 N–H and O–H groups in total. The lowest BCUT2D eigenvalue weighted by Crippen LogP contribution is -2.37. The molecular weight excluding hydrogens is 488 g/mol. The predicted molar refractivity (Wildman–Crippen MR) is 139 cm³/mol. The molecule has 0 fully saturated rings. The fourth-order valence-electron chi connectivity index (χ4n) is 3.14. The number of carbonyl (C=O) groups is 1.